The van der Waals surface area contributed by atoms with Crippen LogP contribution in [0.15, 0.2) is 23.3 Å². The fourth-order valence-electron chi connectivity index (χ4n) is 1.89. The summed E-state index contributed by atoms with van der Waals surface area (Å²) in [5.41, 5.74) is -0.519. The molecule has 4 atom stereocenters. The van der Waals surface area contributed by atoms with Crippen LogP contribution in [0.4, 0.5) is 0 Å². The molecule has 0 spiro atoms. The van der Waals surface area contributed by atoms with Gasteiger partial charge in [0.05, 0.1) is 19.3 Å². The van der Waals surface area contributed by atoms with E-state index >= 15 is 0 Å². The van der Waals surface area contributed by atoms with E-state index < -0.39 is 30.0 Å². The minimum atomic E-state index is -1.23. The van der Waals surface area contributed by atoms with Gasteiger partial charge in [-0.25, -0.2) is 9.78 Å². The number of rotatable bonds is 2. The zero-order valence-corrected chi connectivity index (χ0v) is 9.01. The van der Waals surface area contributed by atoms with Crippen LogP contribution in [-0.2, 0) is 4.74 Å². The molecule has 94 valence electrons. The summed E-state index contributed by atoms with van der Waals surface area (Å²) in [6, 6.07) is 0.854. The van der Waals surface area contributed by atoms with Crippen molar-refractivity contribution >= 4 is 0 Å². The van der Waals surface area contributed by atoms with Gasteiger partial charge in [0.25, 0.3) is 0 Å². The summed E-state index contributed by atoms with van der Waals surface area (Å²) in [4.78, 5) is 15.0. The van der Waals surface area contributed by atoms with Gasteiger partial charge in [0.1, 0.15) is 18.3 Å². The molecule has 3 N–H and O–H groups in total. The highest BCUT2D eigenvalue weighted by molar-refractivity contribution is 4.93. The maximum absolute atomic E-state index is 11.5. The first-order chi connectivity index (χ1) is 8.15. The van der Waals surface area contributed by atoms with E-state index in [4.69, 9.17) is 9.84 Å². The van der Waals surface area contributed by atoms with Crippen molar-refractivity contribution in [1.29, 1.82) is 0 Å². The lowest BCUT2D eigenvalue weighted by molar-refractivity contribution is -0.170. The summed E-state index contributed by atoms with van der Waals surface area (Å²) in [5, 5.41) is 28.5. The number of hydrogen-bond acceptors (Lipinski definition) is 6. The van der Waals surface area contributed by atoms with Crippen LogP contribution in [0.2, 0.25) is 0 Å². The van der Waals surface area contributed by atoms with Gasteiger partial charge in [0.2, 0.25) is 0 Å². The van der Waals surface area contributed by atoms with E-state index in [1.165, 1.54) is 17.0 Å². The van der Waals surface area contributed by atoms with Gasteiger partial charge in [-0.1, -0.05) is 0 Å². The lowest BCUT2D eigenvalue weighted by atomic mass is 9.98. The number of aliphatic hydroxyl groups excluding tert-OH is 3. The third kappa shape index (κ3) is 2.22. The van der Waals surface area contributed by atoms with Crippen molar-refractivity contribution < 1.29 is 20.1 Å². The van der Waals surface area contributed by atoms with E-state index in [-0.39, 0.29) is 13.2 Å². The van der Waals surface area contributed by atoms with Crippen molar-refractivity contribution in [2.45, 2.75) is 24.4 Å². The Morgan fingerprint density at radius 2 is 2.24 bits per heavy atom. The van der Waals surface area contributed by atoms with E-state index in [0.29, 0.717) is 0 Å². The van der Waals surface area contributed by atoms with Gasteiger partial charge in [0, 0.05) is 12.4 Å². The Morgan fingerprint density at radius 1 is 1.47 bits per heavy atom. The highest BCUT2D eigenvalue weighted by Crippen LogP contribution is 2.23. The molecule has 2 heterocycles. The number of aromatic nitrogens is 2. The third-order valence-corrected chi connectivity index (χ3v) is 2.88. The number of hydrogen-bond donors (Lipinski definition) is 3. The Hall–Kier alpha value is -1.28. The standard InChI is InChI=1S/C10H14N2O5/c13-4-7-9(15)8(14)6(5-17-7)12-3-1-2-11-10(12)16/h1-3,6-9,13-15H,4-5H2/t6-,7-,8-,9+/m1/s1. The number of nitrogens with zero attached hydrogens (tertiary/aromatic N) is 2. The molecule has 0 saturated carbocycles. The molecule has 1 aliphatic heterocycles. The summed E-state index contributed by atoms with van der Waals surface area (Å²) in [6.45, 7) is -0.345. The smallest absolute Gasteiger partial charge is 0.347 e. The van der Waals surface area contributed by atoms with Gasteiger partial charge in [0.15, 0.2) is 0 Å². The fraction of sp³-hybridized carbons (Fsp3) is 0.600. The molecule has 0 aromatic carbocycles. The summed E-state index contributed by atoms with van der Waals surface area (Å²) in [6.07, 6.45) is -0.414. The van der Waals surface area contributed by atoms with Gasteiger partial charge < -0.3 is 20.1 Å². The Kier molecular flexibility index (Phi) is 3.53. The molecule has 17 heavy (non-hydrogen) atoms. The van der Waals surface area contributed by atoms with Crippen LogP contribution in [0.1, 0.15) is 6.04 Å². The molecule has 1 saturated heterocycles. The molecule has 1 fully saturated rings. The molecule has 0 unspecified atom stereocenters. The second-order valence-electron chi connectivity index (χ2n) is 3.91. The monoisotopic (exact) mass is 242 g/mol. The maximum atomic E-state index is 11.5. The average molecular weight is 242 g/mol. The summed E-state index contributed by atoms with van der Waals surface area (Å²) in [7, 11) is 0. The van der Waals surface area contributed by atoms with Crippen molar-refractivity contribution in [3.8, 4) is 0 Å². The van der Waals surface area contributed by atoms with Gasteiger partial charge in [-0.2, -0.15) is 0 Å². The molecule has 0 amide bonds. The molecule has 0 bridgehead atoms. The van der Waals surface area contributed by atoms with Crippen LogP contribution in [0.25, 0.3) is 0 Å². The van der Waals surface area contributed by atoms with Gasteiger partial charge >= 0.3 is 5.69 Å². The largest absolute Gasteiger partial charge is 0.394 e. The Labute approximate surface area is 96.9 Å². The predicted octanol–water partition coefficient (Wildman–Crippen LogP) is -2.10. The van der Waals surface area contributed by atoms with E-state index in [2.05, 4.69) is 4.98 Å². The molecule has 0 aliphatic carbocycles. The van der Waals surface area contributed by atoms with Crippen LogP contribution in [0.5, 0.6) is 0 Å². The SMILES string of the molecule is O=c1ncccn1[C@@H]1CO[C@H](CO)[C@H](O)[C@@H]1O. The minimum Gasteiger partial charge on any atom is -0.394 e. The fourth-order valence-corrected chi connectivity index (χ4v) is 1.89. The van der Waals surface area contributed by atoms with E-state index in [1.54, 1.807) is 6.07 Å². The first-order valence-electron chi connectivity index (χ1n) is 5.27. The van der Waals surface area contributed by atoms with Gasteiger partial charge in [-0.15, -0.1) is 0 Å². The van der Waals surface area contributed by atoms with Crippen LogP contribution in [-0.4, -0.2) is 56.4 Å². The molecule has 0 radical (unpaired) electrons. The second-order valence-corrected chi connectivity index (χ2v) is 3.91. The maximum Gasteiger partial charge on any atom is 0.347 e. The molecule has 1 aliphatic rings. The van der Waals surface area contributed by atoms with Crippen LogP contribution < -0.4 is 5.69 Å². The lowest BCUT2D eigenvalue weighted by Gasteiger charge is -2.37. The first kappa shape index (κ1) is 12.2. The van der Waals surface area contributed by atoms with Crippen molar-refractivity contribution in [2.24, 2.45) is 0 Å². The molecule has 1 aromatic rings. The van der Waals surface area contributed by atoms with Crippen LogP contribution in [0, 0.1) is 0 Å². The van der Waals surface area contributed by atoms with E-state index in [9.17, 15) is 15.0 Å². The Bertz CT molecular complexity index is 435. The first-order valence-corrected chi connectivity index (χ1v) is 5.27. The molecule has 1 aromatic heterocycles. The lowest BCUT2D eigenvalue weighted by Crippen LogP contribution is -2.53. The molecule has 2 rings (SSSR count). The highest BCUT2D eigenvalue weighted by Gasteiger charge is 2.39. The quantitative estimate of drug-likeness (QED) is 0.548. The van der Waals surface area contributed by atoms with Crippen molar-refractivity contribution in [1.82, 2.24) is 9.55 Å². The summed E-state index contributed by atoms with van der Waals surface area (Å²) < 4.78 is 6.39. The molecule has 7 nitrogen and oxygen atoms in total. The normalized spacial score (nSPS) is 33.6. The second kappa shape index (κ2) is 4.92. The van der Waals surface area contributed by atoms with Crippen molar-refractivity contribution in [2.75, 3.05) is 13.2 Å². The van der Waals surface area contributed by atoms with Gasteiger partial charge in [-0.3, -0.25) is 4.57 Å². The third-order valence-electron chi connectivity index (χ3n) is 2.88. The van der Waals surface area contributed by atoms with E-state index in [1.807, 2.05) is 0 Å². The Balaban J connectivity index is 2.24. The minimum absolute atomic E-state index is 0.0368. The summed E-state index contributed by atoms with van der Waals surface area (Å²) in [5.74, 6) is 0. The molecule has 7 heteroatoms. The van der Waals surface area contributed by atoms with Crippen molar-refractivity contribution in [3.63, 3.8) is 0 Å². The van der Waals surface area contributed by atoms with Crippen LogP contribution >= 0.6 is 0 Å². The predicted molar refractivity (Wildman–Crippen MR) is 56.4 cm³/mol. The van der Waals surface area contributed by atoms with Crippen molar-refractivity contribution in [3.05, 3.63) is 28.9 Å². The van der Waals surface area contributed by atoms with Gasteiger partial charge in [-0.05, 0) is 6.07 Å². The topological polar surface area (TPSA) is 105 Å². The summed E-state index contributed by atoms with van der Waals surface area (Å²) >= 11 is 0. The molecular formula is C10H14N2O5. The van der Waals surface area contributed by atoms with E-state index in [0.717, 1.165) is 0 Å². The molecular weight excluding hydrogens is 228 g/mol. The number of aliphatic hydroxyl groups is 3. The number of ether oxygens (including phenoxy) is 1. The highest BCUT2D eigenvalue weighted by atomic mass is 16.5. The average Bonchev–Trinajstić information content (AvgIpc) is 2.34. The Morgan fingerprint density at radius 3 is 2.88 bits per heavy atom. The zero-order chi connectivity index (χ0) is 12.4. The van der Waals surface area contributed by atoms with Crippen LogP contribution in [0.3, 0.4) is 0 Å². The zero-order valence-electron chi connectivity index (χ0n) is 9.01.